The number of allylic oxidation sites excluding steroid dienone is 4. The van der Waals surface area contributed by atoms with Crippen LogP contribution in [0.1, 0.15) is 30.5 Å². The highest BCUT2D eigenvalue weighted by Crippen LogP contribution is 2.38. The molecule has 0 aliphatic rings. The summed E-state index contributed by atoms with van der Waals surface area (Å²) in [7, 11) is 1.69. The average Bonchev–Trinajstić information content (AvgIpc) is 2.50. The Labute approximate surface area is 141 Å². The standard InChI is InChI=1S/C19H23F3N2/c1-7-15-12(3)9-10-16(18(15)23-6)14(5)17(19(20,21)22)11-13(4)24-8-2/h7-11,23-24H,1-2H2,3-6H3/b13-11-,17-14-. The molecule has 0 saturated heterocycles. The summed E-state index contributed by atoms with van der Waals surface area (Å²) in [5.74, 6) is 0. The summed E-state index contributed by atoms with van der Waals surface area (Å²) in [6.07, 6.45) is -0.399. The average molecular weight is 336 g/mol. The molecule has 0 amide bonds. The molecule has 0 atom stereocenters. The minimum absolute atomic E-state index is 0.139. The van der Waals surface area contributed by atoms with Gasteiger partial charge in [-0.3, -0.25) is 0 Å². The molecule has 0 saturated carbocycles. The van der Waals surface area contributed by atoms with Gasteiger partial charge < -0.3 is 10.6 Å². The van der Waals surface area contributed by atoms with Gasteiger partial charge in [0, 0.05) is 29.6 Å². The zero-order valence-corrected chi connectivity index (χ0v) is 14.4. The second kappa shape index (κ2) is 7.90. The fourth-order valence-corrected chi connectivity index (χ4v) is 2.54. The van der Waals surface area contributed by atoms with Crippen LogP contribution < -0.4 is 10.6 Å². The van der Waals surface area contributed by atoms with Gasteiger partial charge in [-0.25, -0.2) is 0 Å². The Bertz CT molecular complexity index is 695. The second-order valence-electron chi connectivity index (χ2n) is 5.39. The molecule has 2 N–H and O–H groups in total. The van der Waals surface area contributed by atoms with Gasteiger partial charge in [0.1, 0.15) is 0 Å². The summed E-state index contributed by atoms with van der Waals surface area (Å²) in [4.78, 5) is 0. The van der Waals surface area contributed by atoms with E-state index in [0.717, 1.165) is 17.2 Å². The van der Waals surface area contributed by atoms with Gasteiger partial charge in [-0.1, -0.05) is 31.4 Å². The summed E-state index contributed by atoms with van der Waals surface area (Å²) in [5, 5.41) is 5.67. The molecule has 0 unspecified atom stereocenters. The first-order valence-corrected chi connectivity index (χ1v) is 7.45. The molecule has 1 rings (SSSR count). The fraction of sp³-hybridized carbons (Fsp3) is 0.263. The van der Waals surface area contributed by atoms with Crippen molar-refractivity contribution in [1.29, 1.82) is 0 Å². The number of hydrogen-bond donors (Lipinski definition) is 2. The Morgan fingerprint density at radius 2 is 1.79 bits per heavy atom. The van der Waals surface area contributed by atoms with E-state index in [9.17, 15) is 13.2 Å². The van der Waals surface area contributed by atoms with E-state index in [4.69, 9.17) is 0 Å². The Kier molecular flexibility index (Phi) is 6.46. The Morgan fingerprint density at radius 3 is 2.25 bits per heavy atom. The van der Waals surface area contributed by atoms with Crippen LogP contribution in [0, 0.1) is 6.92 Å². The van der Waals surface area contributed by atoms with Crippen molar-refractivity contribution in [3.8, 4) is 0 Å². The molecule has 0 aromatic heterocycles. The van der Waals surface area contributed by atoms with Crippen LogP contribution in [0.2, 0.25) is 0 Å². The molecule has 5 heteroatoms. The molecular formula is C19H23F3N2. The normalized spacial score (nSPS) is 13.2. The van der Waals surface area contributed by atoms with Gasteiger partial charge in [-0.05, 0) is 44.2 Å². The lowest BCUT2D eigenvalue weighted by molar-refractivity contribution is -0.0877. The zero-order chi connectivity index (χ0) is 18.5. The van der Waals surface area contributed by atoms with Crippen molar-refractivity contribution in [1.82, 2.24) is 5.32 Å². The van der Waals surface area contributed by atoms with Crippen molar-refractivity contribution in [2.24, 2.45) is 0 Å². The summed E-state index contributed by atoms with van der Waals surface area (Å²) in [6, 6.07) is 3.49. The van der Waals surface area contributed by atoms with Crippen LogP contribution in [0.5, 0.6) is 0 Å². The van der Waals surface area contributed by atoms with Crippen molar-refractivity contribution in [3.05, 3.63) is 65.5 Å². The van der Waals surface area contributed by atoms with Gasteiger partial charge in [0.05, 0.1) is 5.57 Å². The third-order valence-corrected chi connectivity index (χ3v) is 3.72. The molecule has 0 bridgehead atoms. The van der Waals surface area contributed by atoms with E-state index >= 15 is 0 Å². The van der Waals surface area contributed by atoms with Crippen LogP contribution >= 0.6 is 0 Å². The van der Waals surface area contributed by atoms with E-state index in [2.05, 4.69) is 23.8 Å². The maximum Gasteiger partial charge on any atom is 0.416 e. The topological polar surface area (TPSA) is 24.1 Å². The van der Waals surface area contributed by atoms with E-state index in [1.165, 1.54) is 13.1 Å². The first-order valence-electron chi connectivity index (χ1n) is 7.45. The van der Waals surface area contributed by atoms with Crippen molar-refractivity contribution < 1.29 is 13.2 Å². The van der Waals surface area contributed by atoms with E-state index in [1.54, 1.807) is 32.2 Å². The summed E-state index contributed by atoms with van der Waals surface area (Å²) >= 11 is 0. The Hall–Kier alpha value is -2.43. The molecule has 2 nitrogen and oxygen atoms in total. The van der Waals surface area contributed by atoms with E-state index in [1.807, 2.05) is 6.92 Å². The van der Waals surface area contributed by atoms with Crippen LogP contribution in [0.4, 0.5) is 18.9 Å². The number of aryl methyl sites for hydroxylation is 1. The van der Waals surface area contributed by atoms with Crippen LogP contribution in [0.3, 0.4) is 0 Å². The number of rotatable bonds is 6. The lowest BCUT2D eigenvalue weighted by Gasteiger charge is -2.19. The van der Waals surface area contributed by atoms with Crippen LogP contribution in [0.15, 0.2) is 48.8 Å². The number of hydrogen-bond acceptors (Lipinski definition) is 2. The first-order chi connectivity index (χ1) is 11.2. The third-order valence-electron chi connectivity index (χ3n) is 3.72. The predicted octanol–water partition coefficient (Wildman–Crippen LogP) is 5.65. The molecule has 0 heterocycles. The van der Waals surface area contributed by atoms with Crippen molar-refractivity contribution in [3.63, 3.8) is 0 Å². The Morgan fingerprint density at radius 1 is 1.17 bits per heavy atom. The highest BCUT2D eigenvalue weighted by Gasteiger charge is 2.34. The molecule has 0 fully saturated rings. The van der Waals surface area contributed by atoms with Gasteiger partial charge in [0.15, 0.2) is 0 Å². The van der Waals surface area contributed by atoms with Crippen LogP contribution in [-0.2, 0) is 0 Å². The molecule has 24 heavy (non-hydrogen) atoms. The molecule has 0 spiro atoms. The largest absolute Gasteiger partial charge is 0.416 e. The zero-order valence-electron chi connectivity index (χ0n) is 14.4. The molecule has 1 aromatic rings. The van der Waals surface area contributed by atoms with Gasteiger partial charge in [0.2, 0.25) is 0 Å². The van der Waals surface area contributed by atoms with Gasteiger partial charge in [-0.2, -0.15) is 13.2 Å². The monoisotopic (exact) mass is 336 g/mol. The summed E-state index contributed by atoms with van der Waals surface area (Å²) in [5.41, 5.74) is 2.66. The van der Waals surface area contributed by atoms with E-state index < -0.39 is 11.7 Å². The highest BCUT2D eigenvalue weighted by molar-refractivity contribution is 5.85. The second-order valence-corrected chi connectivity index (χ2v) is 5.39. The smallest absolute Gasteiger partial charge is 0.387 e. The number of halogens is 3. The minimum Gasteiger partial charge on any atom is -0.387 e. The first kappa shape index (κ1) is 19.6. The number of alkyl halides is 3. The van der Waals surface area contributed by atoms with Crippen LogP contribution in [-0.4, -0.2) is 13.2 Å². The maximum absolute atomic E-state index is 13.6. The number of nitrogens with one attached hydrogen (secondary N) is 2. The van der Waals surface area contributed by atoms with Crippen LogP contribution in [0.25, 0.3) is 11.6 Å². The molecular weight excluding hydrogens is 313 g/mol. The Balaban J connectivity index is 3.71. The van der Waals surface area contributed by atoms with Gasteiger partial charge in [0.25, 0.3) is 0 Å². The van der Waals surface area contributed by atoms with Gasteiger partial charge in [-0.15, -0.1) is 0 Å². The quantitative estimate of drug-likeness (QED) is 0.656. The maximum atomic E-state index is 13.6. The lowest BCUT2D eigenvalue weighted by atomic mass is 9.93. The number of benzene rings is 1. The van der Waals surface area contributed by atoms with E-state index in [-0.39, 0.29) is 5.57 Å². The minimum atomic E-state index is -4.47. The molecule has 130 valence electrons. The lowest BCUT2D eigenvalue weighted by Crippen LogP contribution is -2.14. The van der Waals surface area contributed by atoms with Crippen molar-refractivity contribution >= 4 is 17.3 Å². The predicted molar refractivity (Wildman–Crippen MR) is 96.6 cm³/mol. The molecule has 0 radical (unpaired) electrons. The van der Waals surface area contributed by atoms with E-state index in [0.29, 0.717) is 16.9 Å². The SMILES string of the molecule is C=CN/C(C)=C\C(=C(/C)c1ccc(C)c(C=C)c1NC)C(F)(F)F. The third kappa shape index (κ3) is 4.31. The molecule has 0 aliphatic heterocycles. The number of anilines is 1. The molecule has 0 aliphatic carbocycles. The highest BCUT2D eigenvalue weighted by atomic mass is 19.4. The molecule has 1 aromatic carbocycles. The fourth-order valence-electron chi connectivity index (χ4n) is 2.54. The van der Waals surface area contributed by atoms with Crippen molar-refractivity contribution in [2.45, 2.75) is 26.9 Å². The van der Waals surface area contributed by atoms with Gasteiger partial charge >= 0.3 is 6.18 Å². The summed E-state index contributed by atoms with van der Waals surface area (Å²) in [6.45, 7) is 12.1. The summed E-state index contributed by atoms with van der Waals surface area (Å²) < 4.78 is 40.7. The van der Waals surface area contributed by atoms with Crippen molar-refractivity contribution in [2.75, 3.05) is 12.4 Å².